The van der Waals surface area contributed by atoms with Crippen LogP contribution < -0.4 is 5.32 Å². The molecule has 2 aromatic heterocycles. The molecule has 0 aliphatic carbocycles. The van der Waals surface area contributed by atoms with Gasteiger partial charge in [-0.2, -0.15) is 4.31 Å². The highest BCUT2D eigenvalue weighted by atomic mass is 32.2. The van der Waals surface area contributed by atoms with Crippen LogP contribution in [-0.4, -0.2) is 30.8 Å². The van der Waals surface area contributed by atoms with Gasteiger partial charge in [-0.25, -0.2) is 13.4 Å². The van der Waals surface area contributed by atoms with Crippen LogP contribution >= 0.6 is 0 Å². The second-order valence-corrected chi connectivity index (χ2v) is 7.27. The van der Waals surface area contributed by atoms with Crippen LogP contribution in [0.2, 0.25) is 0 Å². The molecule has 6 nitrogen and oxygen atoms in total. The van der Waals surface area contributed by atoms with Crippen LogP contribution in [0, 0.1) is 0 Å². The lowest BCUT2D eigenvalue weighted by Crippen LogP contribution is -2.35. The number of sulfonamides is 1. The summed E-state index contributed by atoms with van der Waals surface area (Å²) in [7, 11) is -3.41. The molecular formula is C15H19N3O3S. The average Bonchev–Trinajstić information content (AvgIpc) is 3.08. The van der Waals surface area contributed by atoms with E-state index in [1.807, 2.05) is 6.07 Å². The highest BCUT2D eigenvalue weighted by Gasteiger charge is 2.25. The highest BCUT2D eigenvalue weighted by molar-refractivity contribution is 7.89. The van der Waals surface area contributed by atoms with Gasteiger partial charge in [0, 0.05) is 31.4 Å². The summed E-state index contributed by atoms with van der Waals surface area (Å²) in [5.74, 6) is 0.638. The normalized spacial score (nSPS) is 16.5. The first kappa shape index (κ1) is 15.1. The lowest BCUT2D eigenvalue weighted by molar-refractivity contribution is 0.346. The van der Waals surface area contributed by atoms with Gasteiger partial charge in [-0.1, -0.05) is 6.42 Å². The fraction of sp³-hybridized carbons (Fsp3) is 0.400. The van der Waals surface area contributed by atoms with Gasteiger partial charge in [-0.15, -0.1) is 0 Å². The number of rotatable bonds is 5. The summed E-state index contributed by atoms with van der Waals surface area (Å²) in [6, 6.07) is 5.16. The van der Waals surface area contributed by atoms with E-state index >= 15 is 0 Å². The van der Waals surface area contributed by atoms with Crippen LogP contribution in [0.15, 0.2) is 46.2 Å². The third kappa shape index (κ3) is 3.31. The van der Waals surface area contributed by atoms with E-state index in [1.165, 1.54) is 6.20 Å². The lowest BCUT2D eigenvalue weighted by Gasteiger charge is -2.25. The van der Waals surface area contributed by atoms with Crippen molar-refractivity contribution < 1.29 is 12.8 Å². The van der Waals surface area contributed by atoms with E-state index in [0.29, 0.717) is 25.5 Å². The number of aromatic nitrogens is 1. The van der Waals surface area contributed by atoms with Crippen LogP contribution in [0.4, 0.5) is 5.82 Å². The molecule has 22 heavy (non-hydrogen) atoms. The Morgan fingerprint density at radius 3 is 2.64 bits per heavy atom. The number of hydrogen-bond acceptors (Lipinski definition) is 5. The molecule has 1 aliphatic heterocycles. The van der Waals surface area contributed by atoms with Gasteiger partial charge in [-0.3, -0.25) is 0 Å². The summed E-state index contributed by atoms with van der Waals surface area (Å²) in [6.07, 6.45) is 7.64. The fourth-order valence-electron chi connectivity index (χ4n) is 2.48. The van der Waals surface area contributed by atoms with Gasteiger partial charge in [0.1, 0.15) is 10.7 Å². The van der Waals surface area contributed by atoms with Crippen LogP contribution in [0.3, 0.4) is 0 Å². The van der Waals surface area contributed by atoms with Crippen LogP contribution in [0.5, 0.6) is 0 Å². The van der Waals surface area contributed by atoms with E-state index in [2.05, 4.69) is 10.3 Å². The summed E-state index contributed by atoms with van der Waals surface area (Å²) < 4.78 is 31.5. The first-order valence-corrected chi connectivity index (χ1v) is 8.81. The van der Waals surface area contributed by atoms with Gasteiger partial charge in [0.05, 0.1) is 12.5 Å². The standard InChI is InChI=1S/C15H19N3O3S/c19-22(20,18-7-2-1-3-8-18)14-4-5-15(17-11-14)16-10-13-6-9-21-12-13/h4-6,9,11-12H,1-3,7-8,10H2,(H,16,17). The predicted molar refractivity (Wildman–Crippen MR) is 82.9 cm³/mol. The second-order valence-electron chi connectivity index (χ2n) is 5.33. The SMILES string of the molecule is O=S(=O)(c1ccc(NCc2ccoc2)nc1)N1CCCCC1. The number of anilines is 1. The lowest BCUT2D eigenvalue weighted by atomic mass is 10.2. The molecule has 1 fully saturated rings. The first-order chi connectivity index (χ1) is 10.7. The molecule has 0 saturated carbocycles. The molecule has 0 amide bonds. The highest BCUT2D eigenvalue weighted by Crippen LogP contribution is 2.20. The Morgan fingerprint density at radius 2 is 2.00 bits per heavy atom. The van der Waals surface area contributed by atoms with Crippen molar-refractivity contribution >= 4 is 15.8 Å². The molecule has 0 aromatic carbocycles. The summed E-state index contributed by atoms with van der Waals surface area (Å²) in [5, 5.41) is 3.13. The van der Waals surface area contributed by atoms with Crippen molar-refractivity contribution in [3.05, 3.63) is 42.5 Å². The number of nitrogens with zero attached hydrogens (tertiary/aromatic N) is 2. The zero-order valence-electron chi connectivity index (χ0n) is 12.2. The zero-order chi connectivity index (χ0) is 15.4. The Bertz CT molecular complexity index is 690. The monoisotopic (exact) mass is 321 g/mol. The Labute approximate surface area is 130 Å². The van der Waals surface area contributed by atoms with Crippen molar-refractivity contribution in [3.63, 3.8) is 0 Å². The van der Waals surface area contributed by atoms with Gasteiger partial charge in [0.25, 0.3) is 0 Å². The fourth-order valence-corrected chi connectivity index (χ4v) is 3.94. The minimum absolute atomic E-state index is 0.253. The van der Waals surface area contributed by atoms with E-state index in [1.54, 1.807) is 29.0 Å². The van der Waals surface area contributed by atoms with E-state index in [9.17, 15) is 8.42 Å². The molecule has 1 saturated heterocycles. The number of hydrogen-bond donors (Lipinski definition) is 1. The van der Waals surface area contributed by atoms with E-state index in [0.717, 1.165) is 24.8 Å². The Balaban J connectivity index is 1.67. The summed E-state index contributed by atoms with van der Waals surface area (Å²) >= 11 is 0. The minimum atomic E-state index is -3.41. The summed E-state index contributed by atoms with van der Waals surface area (Å²) in [5.41, 5.74) is 1.01. The minimum Gasteiger partial charge on any atom is -0.472 e. The van der Waals surface area contributed by atoms with Crippen molar-refractivity contribution in [2.75, 3.05) is 18.4 Å². The number of piperidine rings is 1. The van der Waals surface area contributed by atoms with Crippen molar-refractivity contribution in [1.82, 2.24) is 9.29 Å². The van der Waals surface area contributed by atoms with Crippen LogP contribution in [0.1, 0.15) is 24.8 Å². The van der Waals surface area contributed by atoms with Gasteiger partial charge >= 0.3 is 0 Å². The maximum absolute atomic E-state index is 12.5. The zero-order valence-corrected chi connectivity index (χ0v) is 13.1. The molecule has 1 N–H and O–H groups in total. The Hall–Kier alpha value is -1.86. The Morgan fingerprint density at radius 1 is 1.18 bits per heavy atom. The molecule has 0 spiro atoms. The summed E-state index contributed by atoms with van der Waals surface area (Å²) in [4.78, 5) is 4.44. The third-order valence-corrected chi connectivity index (χ3v) is 5.63. The van der Waals surface area contributed by atoms with Gasteiger partial charge < -0.3 is 9.73 Å². The maximum atomic E-state index is 12.5. The predicted octanol–water partition coefficient (Wildman–Crippen LogP) is 2.46. The van der Waals surface area contributed by atoms with Crippen molar-refractivity contribution in [2.24, 2.45) is 0 Å². The molecule has 0 atom stereocenters. The smallest absolute Gasteiger partial charge is 0.244 e. The van der Waals surface area contributed by atoms with Crippen molar-refractivity contribution in [2.45, 2.75) is 30.7 Å². The molecule has 3 heterocycles. The van der Waals surface area contributed by atoms with E-state index in [4.69, 9.17) is 4.42 Å². The van der Waals surface area contributed by atoms with Crippen LogP contribution in [0.25, 0.3) is 0 Å². The van der Waals surface area contributed by atoms with Crippen molar-refractivity contribution in [3.8, 4) is 0 Å². The molecule has 0 radical (unpaired) electrons. The van der Waals surface area contributed by atoms with Crippen LogP contribution in [-0.2, 0) is 16.6 Å². The molecule has 0 unspecified atom stereocenters. The second kappa shape index (κ2) is 6.50. The molecule has 3 rings (SSSR count). The topological polar surface area (TPSA) is 75.4 Å². The summed E-state index contributed by atoms with van der Waals surface area (Å²) in [6.45, 7) is 1.79. The maximum Gasteiger partial charge on any atom is 0.244 e. The number of furan rings is 1. The quantitative estimate of drug-likeness (QED) is 0.915. The molecule has 2 aromatic rings. The average molecular weight is 321 g/mol. The first-order valence-electron chi connectivity index (χ1n) is 7.37. The molecule has 1 aliphatic rings. The molecule has 118 valence electrons. The van der Waals surface area contributed by atoms with Gasteiger partial charge in [-0.05, 0) is 31.0 Å². The van der Waals surface area contributed by atoms with Crippen molar-refractivity contribution in [1.29, 1.82) is 0 Å². The molecular weight excluding hydrogens is 302 g/mol. The number of pyridine rings is 1. The Kier molecular flexibility index (Phi) is 4.44. The van der Waals surface area contributed by atoms with Gasteiger partial charge in [0.2, 0.25) is 10.0 Å². The molecule has 0 bridgehead atoms. The number of nitrogens with one attached hydrogen (secondary N) is 1. The largest absolute Gasteiger partial charge is 0.472 e. The molecule has 7 heteroatoms. The van der Waals surface area contributed by atoms with E-state index in [-0.39, 0.29) is 4.90 Å². The third-order valence-electron chi connectivity index (χ3n) is 3.74. The van der Waals surface area contributed by atoms with Gasteiger partial charge in [0.15, 0.2) is 0 Å². The van der Waals surface area contributed by atoms with E-state index < -0.39 is 10.0 Å².